The lowest BCUT2D eigenvalue weighted by Gasteiger charge is -2.35. The quantitative estimate of drug-likeness (QED) is 0.411. The lowest BCUT2D eigenvalue weighted by atomic mass is 10.1. The Labute approximate surface area is 177 Å². The zero-order valence-corrected chi connectivity index (χ0v) is 17.3. The number of benzene rings is 1. The van der Waals surface area contributed by atoms with E-state index >= 15 is 0 Å². The standard InChI is InChI=1S/C18H20ClN7O4/c1-10(19)7-8-25-14-15(24(3)18(28)21-16(14)27)20-17(25)23-22-11(2)12-5-4-6-13(9-12)26(29)30/h4-7,9,14-15H,8H2,1-3H3,(H,20,23)(H,21,27,28)/b10-7-,22-11-. The maximum absolute atomic E-state index is 12.4. The summed E-state index contributed by atoms with van der Waals surface area (Å²) >= 11 is 5.94. The Morgan fingerprint density at radius 1 is 1.43 bits per heavy atom. The Morgan fingerprint density at radius 3 is 2.83 bits per heavy atom. The van der Waals surface area contributed by atoms with E-state index < -0.39 is 29.1 Å². The molecule has 158 valence electrons. The molecule has 2 unspecified atom stereocenters. The van der Waals surface area contributed by atoms with Gasteiger partial charge in [-0.15, -0.1) is 0 Å². The lowest BCUT2D eigenvalue weighted by molar-refractivity contribution is -0.384. The van der Waals surface area contributed by atoms with Gasteiger partial charge in [-0.25, -0.2) is 15.2 Å². The van der Waals surface area contributed by atoms with E-state index in [1.165, 1.54) is 17.0 Å². The van der Waals surface area contributed by atoms with E-state index in [0.29, 0.717) is 16.3 Å². The summed E-state index contributed by atoms with van der Waals surface area (Å²) in [5.74, 6) is -0.190. The zero-order chi connectivity index (χ0) is 22.0. The highest BCUT2D eigenvalue weighted by Crippen LogP contribution is 2.23. The number of non-ortho nitro benzene ring substituents is 1. The number of aliphatic imine (C=N–C) groups is 1. The molecule has 12 heteroatoms. The van der Waals surface area contributed by atoms with Crippen LogP contribution in [0.2, 0.25) is 0 Å². The number of imide groups is 1. The summed E-state index contributed by atoms with van der Waals surface area (Å²) in [4.78, 5) is 42.3. The molecule has 0 bridgehead atoms. The molecule has 0 radical (unpaired) electrons. The minimum atomic E-state index is -0.740. The average Bonchev–Trinajstić information content (AvgIpc) is 3.08. The van der Waals surface area contributed by atoms with Crippen LogP contribution < -0.4 is 10.7 Å². The number of nitro groups is 1. The molecule has 0 aromatic heterocycles. The van der Waals surface area contributed by atoms with Crippen molar-refractivity contribution in [3.8, 4) is 0 Å². The van der Waals surface area contributed by atoms with Gasteiger partial charge in [0, 0.05) is 36.3 Å². The molecular weight excluding hydrogens is 414 g/mol. The van der Waals surface area contributed by atoms with E-state index in [1.54, 1.807) is 44.0 Å². The van der Waals surface area contributed by atoms with Crippen molar-refractivity contribution in [1.82, 2.24) is 20.5 Å². The van der Waals surface area contributed by atoms with Crippen LogP contribution in [-0.4, -0.2) is 64.1 Å². The molecule has 2 heterocycles. The van der Waals surface area contributed by atoms with Crippen LogP contribution in [0.1, 0.15) is 19.4 Å². The number of halogens is 1. The van der Waals surface area contributed by atoms with Crippen LogP contribution in [0.3, 0.4) is 0 Å². The van der Waals surface area contributed by atoms with Crippen LogP contribution in [0, 0.1) is 10.1 Å². The number of hydrogen-bond acceptors (Lipinski definition) is 8. The summed E-state index contributed by atoms with van der Waals surface area (Å²) in [7, 11) is 1.55. The zero-order valence-electron chi connectivity index (χ0n) is 16.5. The monoisotopic (exact) mass is 433 g/mol. The van der Waals surface area contributed by atoms with Gasteiger partial charge in [-0.05, 0) is 13.8 Å². The Morgan fingerprint density at radius 2 is 2.17 bits per heavy atom. The SMILES string of the molecule is C/C(Cl)=C/CN1C(N/N=C(/C)c2cccc([N+](=O)[O-])c2)=NC2C1C(=O)NC(=O)N2C. The van der Waals surface area contributed by atoms with E-state index in [1.807, 2.05) is 0 Å². The van der Waals surface area contributed by atoms with Gasteiger partial charge in [-0.3, -0.25) is 20.2 Å². The van der Waals surface area contributed by atoms with E-state index in [0.717, 1.165) is 0 Å². The van der Waals surface area contributed by atoms with Gasteiger partial charge in [0.1, 0.15) is 0 Å². The fourth-order valence-corrected chi connectivity index (χ4v) is 3.15. The first-order chi connectivity index (χ1) is 14.2. The first kappa shape index (κ1) is 21.2. The normalized spacial score (nSPS) is 21.9. The summed E-state index contributed by atoms with van der Waals surface area (Å²) in [5, 5.41) is 18.1. The number of rotatable bonds is 5. The molecule has 2 atom stereocenters. The molecule has 30 heavy (non-hydrogen) atoms. The summed E-state index contributed by atoms with van der Waals surface area (Å²) < 4.78 is 0. The third kappa shape index (κ3) is 4.25. The smallest absolute Gasteiger partial charge is 0.322 e. The summed E-state index contributed by atoms with van der Waals surface area (Å²) in [6, 6.07) is 4.79. The molecular formula is C18H20ClN7O4. The minimum Gasteiger partial charge on any atom is -0.322 e. The van der Waals surface area contributed by atoms with Gasteiger partial charge in [0.05, 0.1) is 10.6 Å². The number of likely N-dealkylation sites (N-methyl/N-ethyl adjacent to an activating group) is 1. The van der Waals surface area contributed by atoms with Gasteiger partial charge < -0.3 is 9.80 Å². The summed E-state index contributed by atoms with van der Waals surface area (Å²) in [5.41, 5.74) is 3.81. The molecule has 2 aliphatic heterocycles. The van der Waals surface area contributed by atoms with Crippen LogP contribution in [0.5, 0.6) is 0 Å². The third-order valence-electron chi connectivity index (χ3n) is 4.73. The number of hydrazone groups is 1. The lowest BCUT2D eigenvalue weighted by Crippen LogP contribution is -2.64. The number of carbonyl (C=O) groups is 2. The number of amides is 3. The number of fused-ring (bicyclic) bond motifs is 1. The van der Waals surface area contributed by atoms with Crippen LogP contribution in [0.4, 0.5) is 10.5 Å². The van der Waals surface area contributed by atoms with Crippen LogP contribution in [0.15, 0.2) is 45.5 Å². The molecule has 11 nitrogen and oxygen atoms in total. The molecule has 0 spiro atoms. The topological polar surface area (TPSA) is 133 Å². The second-order valence-electron chi connectivity index (χ2n) is 6.78. The third-order valence-corrected chi connectivity index (χ3v) is 4.88. The number of nitrogens with one attached hydrogen (secondary N) is 2. The van der Waals surface area contributed by atoms with Gasteiger partial charge in [0.15, 0.2) is 12.2 Å². The molecule has 1 fully saturated rings. The fraction of sp³-hybridized carbons (Fsp3) is 0.333. The van der Waals surface area contributed by atoms with Gasteiger partial charge >= 0.3 is 6.03 Å². The summed E-state index contributed by atoms with van der Waals surface area (Å²) in [6.07, 6.45) is 0.994. The second kappa shape index (κ2) is 8.49. The molecule has 3 amide bonds. The predicted molar refractivity (Wildman–Crippen MR) is 111 cm³/mol. The number of nitrogens with zero attached hydrogens (tertiary/aromatic N) is 5. The first-order valence-corrected chi connectivity index (χ1v) is 9.36. The van der Waals surface area contributed by atoms with Crippen molar-refractivity contribution in [3.05, 3.63) is 51.1 Å². The minimum absolute atomic E-state index is 0.0487. The molecule has 0 aliphatic carbocycles. The van der Waals surface area contributed by atoms with E-state index in [9.17, 15) is 19.7 Å². The number of hydrogen-bond donors (Lipinski definition) is 2. The highest BCUT2D eigenvalue weighted by Gasteiger charge is 2.48. The van der Waals surface area contributed by atoms with Crippen molar-refractivity contribution in [3.63, 3.8) is 0 Å². The average molecular weight is 434 g/mol. The Bertz CT molecular complexity index is 987. The number of guanidine groups is 1. The summed E-state index contributed by atoms with van der Waals surface area (Å²) in [6.45, 7) is 3.66. The van der Waals surface area contributed by atoms with Crippen molar-refractivity contribution < 1.29 is 14.5 Å². The number of carbonyl (C=O) groups excluding carboxylic acids is 2. The Kier molecular flexibility index (Phi) is 6.01. The molecule has 3 rings (SSSR count). The van der Waals surface area contributed by atoms with Gasteiger partial charge in [-0.1, -0.05) is 29.8 Å². The van der Waals surface area contributed by atoms with Crippen LogP contribution >= 0.6 is 11.6 Å². The van der Waals surface area contributed by atoms with Crippen molar-refractivity contribution in [2.45, 2.75) is 26.1 Å². The number of urea groups is 1. The molecule has 2 aliphatic rings. The maximum Gasteiger partial charge on any atom is 0.325 e. The molecule has 1 aromatic carbocycles. The van der Waals surface area contributed by atoms with E-state index in [-0.39, 0.29) is 18.2 Å². The Balaban J connectivity index is 1.88. The number of allylic oxidation sites excluding steroid dienone is 1. The van der Waals surface area contributed by atoms with Crippen molar-refractivity contribution in [2.75, 3.05) is 13.6 Å². The van der Waals surface area contributed by atoms with Crippen molar-refractivity contribution >= 4 is 40.9 Å². The fourth-order valence-electron chi connectivity index (χ4n) is 3.09. The molecule has 1 saturated heterocycles. The van der Waals surface area contributed by atoms with Gasteiger partial charge in [0.2, 0.25) is 5.96 Å². The van der Waals surface area contributed by atoms with Crippen molar-refractivity contribution in [1.29, 1.82) is 0 Å². The second-order valence-corrected chi connectivity index (χ2v) is 7.37. The van der Waals surface area contributed by atoms with E-state index in [2.05, 4.69) is 20.8 Å². The largest absolute Gasteiger partial charge is 0.325 e. The highest BCUT2D eigenvalue weighted by molar-refractivity contribution is 6.29. The predicted octanol–water partition coefficient (Wildman–Crippen LogP) is 1.60. The molecule has 2 N–H and O–H groups in total. The van der Waals surface area contributed by atoms with Gasteiger partial charge in [0.25, 0.3) is 11.6 Å². The Hall–Kier alpha value is -3.47. The van der Waals surface area contributed by atoms with E-state index in [4.69, 9.17) is 11.6 Å². The number of nitro benzene ring substituents is 1. The van der Waals surface area contributed by atoms with Crippen LogP contribution in [-0.2, 0) is 4.79 Å². The van der Waals surface area contributed by atoms with Gasteiger partial charge in [-0.2, -0.15) is 5.10 Å². The van der Waals surface area contributed by atoms with Crippen LogP contribution in [0.25, 0.3) is 0 Å². The van der Waals surface area contributed by atoms with Crippen molar-refractivity contribution in [2.24, 2.45) is 10.1 Å². The highest BCUT2D eigenvalue weighted by atomic mass is 35.5. The molecule has 1 aromatic rings. The molecule has 0 saturated carbocycles. The maximum atomic E-state index is 12.4. The first-order valence-electron chi connectivity index (χ1n) is 8.98.